The lowest BCUT2D eigenvalue weighted by Gasteiger charge is -2.32. The van der Waals surface area contributed by atoms with Gasteiger partial charge in [0, 0.05) is 36.2 Å². The third-order valence-corrected chi connectivity index (χ3v) is 6.67. The molecule has 5 rings (SSSR count). The lowest BCUT2D eigenvalue weighted by molar-refractivity contribution is 0.113. The monoisotopic (exact) mass is 429 g/mol. The van der Waals surface area contributed by atoms with Gasteiger partial charge in [0.2, 0.25) is 6.79 Å². The summed E-state index contributed by atoms with van der Waals surface area (Å²) < 4.78 is 16.6. The van der Waals surface area contributed by atoms with Crippen molar-refractivity contribution in [2.45, 2.75) is 57.2 Å². The molecule has 1 aliphatic carbocycles. The van der Waals surface area contributed by atoms with Crippen LogP contribution in [0.15, 0.2) is 23.0 Å². The van der Waals surface area contributed by atoms with Gasteiger partial charge in [-0.2, -0.15) is 0 Å². The van der Waals surface area contributed by atoms with Crippen molar-refractivity contribution in [1.29, 1.82) is 0 Å². The van der Waals surface area contributed by atoms with Crippen molar-refractivity contribution in [2.24, 2.45) is 0 Å². The van der Waals surface area contributed by atoms with Crippen LogP contribution in [0, 0.1) is 0 Å². The summed E-state index contributed by atoms with van der Waals surface area (Å²) >= 11 is 5.76. The zero-order chi connectivity index (χ0) is 20.5. The molecule has 3 aliphatic rings. The summed E-state index contributed by atoms with van der Waals surface area (Å²) in [6.07, 6.45) is 7.01. The van der Waals surface area contributed by atoms with Crippen molar-refractivity contribution < 1.29 is 14.2 Å². The first-order valence-corrected chi connectivity index (χ1v) is 11.2. The van der Waals surface area contributed by atoms with Crippen LogP contribution in [-0.2, 0) is 11.3 Å². The summed E-state index contributed by atoms with van der Waals surface area (Å²) in [5.41, 5.74) is 1.36. The minimum absolute atomic E-state index is 0.0914. The predicted molar refractivity (Wildman–Crippen MR) is 118 cm³/mol. The van der Waals surface area contributed by atoms with E-state index in [2.05, 4.69) is 15.2 Å². The molecular weight excluding hydrogens is 402 g/mol. The van der Waals surface area contributed by atoms with Crippen LogP contribution >= 0.6 is 12.2 Å². The van der Waals surface area contributed by atoms with Crippen molar-refractivity contribution in [2.75, 3.05) is 19.9 Å². The van der Waals surface area contributed by atoms with Crippen molar-refractivity contribution in [1.82, 2.24) is 15.2 Å². The number of pyridine rings is 1. The van der Waals surface area contributed by atoms with Gasteiger partial charge in [0.1, 0.15) is 0 Å². The topological polar surface area (TPSA) is 75.8 Å². The lowest BCUT2D eigenvalue weighted by atomic mass is 10.1. The number of nitrogens with one attached hydrogen (secondary N) is 2. The van der Waals surface area contributed by atoms with E-state index in [1.54, 1.807) is 0 Å². The Balaban J connectivity index is 1.38. The van der Waals surface area contributed by atoms with E-state index in [1.165, 1.54) is 12.8 Å². The number of ether oxygens (including phenoxy) is 3. The van der Waals surface area contributed by atoms with Crippen LogP contribution in [0.5, 0.6) is 11.5 Å². The number of hydrogen-bond acceptors (Lipinski definition) is 5. The zero-order valence-electron chi connectivity index (χ0n) is 16.9. The highest BCUT2D eigenvalue weighted by Crippen LogP contribution is 2.35. The van der Waals surface area contributed by atoms with Crippen molar-refractivity contribution in [3.63, 3.8) is 0 Å². The summed E-state index contributed by atoms with van der Waals surface area (Å²) in [5.74, 6) is 1.37. The number of aromatic nitrogens is 1. The Morgan fingerprint density at radius 3 is 2.70 bits per heavy atom. The van der Waals surface area contributed by atoms with Gasteiger partial charge < -0.3 is 29.4 Å². The molecule has 0 radical (unpaired) electrons. The molecule has 160 valence electrons. The number of aromatic amines is 1. The van der Waals surface area contributed by atoms with E-state index in [0.717, 1.165) is 49.7 Å². The number of fused-ring (bicyclic) bond motifs is 2. The minimum Gasteiger partial charge on any atom is -0.454 e. The van der Waals surface area contributed by atoms with Gasteiger partial charge in [-0.05, 0) is 50.0 Å². The molecule has 0 spiro atoms. The second-order valence-corrected chi connectivity index (χ2v) is 8.69. The van der Waals surface area contributed by atoms with Crippen molar-refractivity contribution in [3.8, 4) is 11.5 Å². The highest BCUT2D eigenvalue weighted by molar-refractivity contribution is 7.80. The fourth-order valence-corrected chi connectivity index (χ4v) is 4.93. The van der Waals surface area contributed by atoms with Gasteiger partial charge in [0.25, 0.3) is 5.56 Å². The third-order valence-electron chi connectivity index (χ3n) is 6.29. The van der Waals surface area contributed by atoms with Gasteiger partial charge in [0.05, 0.1) is 18.2 Å². The van der Waals surface area contributed by atoms with Crippen LogP contribution in [-0.4, -0.2) is 47.1 Å². The summed E-state index contributed by atoms with van der Waals surface area (Å²) in [5, 5.41) is 5.04. The number of H-pyrrole nitrogens is 1. The molecule has 30 heavy (non-hydrogen) atoms. The normalized spacial score (nSPS) is 20.7. The Morgan fingerprint density at radius 2 is 1.93 bits per heavy atom. The number of benzene rings is 1. The Hall–Kier alpha value is -2.32. The molecule has 1 saturated carbocycles. The molecule has 3 heterocycles. The van der Waals surface area contributed by atoms with Crippen LogP contribution in [0.1, 0.15) is 44.1 Å². The Morgan fingerprint density at radius 1 is 1.13 bits per heavy atom. The highest BCUT2D eigenvalue weighted by Gasteiger charge is 2.27. The Bertz CT molecular complexity index is 996. The van der Waals surface area contributed by atoms with E-state index < -0.39 is 0 Å². The number of hydrogen-bond donors (Lipinski definition) is 2. The van der Waals surface area contributed by atoms with Crippen LogP contribution in [0.2, 0.25) is 0 Å². The van der Waals surface area contributed by atoms with E-state index in [0.29, 0.717) is 34.8 Å². The van der Waals surface area contributed by atoms with Crippen LogP contribution in [0.3, 0.4) is 0 Å². The van der Waals surface area contributed by atoms with Gasteiger partial charge in [-0.3, -0.25) is 4.79 Å². The molecular formula is C22H27N3O4S. The van der Waals surface area contributed by atoms with Crippen LogP contribution in [0.4, 0.5) is 0 Å². The van der Waals surface area contributed by atoms with Crippen molar-refractivity contribution in [3.05, 3.63) is 34.1 Å². The Kier molecular flexibility index (Phi) is 5.52. The average molecular weight is 430 g/mol. The maximum Gasteiger partial charge on any atom is 0.253 e. The molecule has 8 heteroatoms. The predicted octanol–water partition coefficient (Wildman–Crippen LogP) is 3.05. The van der Waals surface area contributed by atoms with Gasteiger partial charge in [0.15, 0.2) is 16.6 Å². The summed E-state index contributed by atoms with van der Waals surface area (Å²) in [6, 6.07) is 6.05. The first-order chi connectivity index (χ1) is 14.7. The summed E-state index contributed by atoms with van der Waals surface area (Å²) in [6.45, 7) is 2.25. The molecule has 1 unspecified atom stereocenters. The van der Waals surface area contributed by atoms with Crippen molar-refractivity contribution >= 4 is 28.2 Å². The van der Waals surface area contributed by atoms with Crippen LogP contribution in [0.25, 0.3) is 10.9 Å². The van der Waals surface area contributed by atoms with Gasteiger partial charge in [-0.25, -0.2) is 0 Å². The van der Waals surface area contributed by atoms with Gasteiger partial charge >= 0.3 is 0 Å². The van der Waals surface area contributed by atoms with E-state index in [4.69, 9.17) is 26.4 Å². The second kappa shape index (κ2) is 8.43. The quantitative estimate of drug-likeness (QED) is 0.708. The highest BCUT2D eigenvalue weighted by atomic mass is 32.1. The molecule has 1 saturated heterocycles. The molecule has 2 fully saturated rings. The molecule has 1 atom stereocenters. The van der Waals surface area contributed by atoms with Gasteiger partial charge in [-0.1, -0.05) is 12.8 Å². The number of thiocarbonyl (C=S) groups is 1. The summed E-state index contributed by atoms with van der Waals surface area (Å²) in [7, 11) is 0. The molecule has 1 aromatic carbocycles. The SMILES string of the molecule is O=c1[nH]c2cc3c(cc2cc1CN(C(=S)NCC1CCCO1)C1CCCC1)OCO3. The number of rotatable bonds is 5. The average Bonchev–Trinajstić information content (AvgIpc) is 3.51. The van der Waals surface area contributed by atoms with Crippen LogP contribution < -0.4 is 20.3 Å². The third kappa shape index (κ3) is 3.98. The fourth-order valence-electron chi connectivity index (χ4n) is 4.63. The van der Waals surface area contributed by atoms with E-state index in [-0.39, 0.29) is 18.5 Å². The Labute approximate surface area is 180 Å². The molecule has 2 N–H and O–H groups in total. The molecule has 0 bridgehead atoms. The standard InChI is InChI=1S/C22H27N3O4S/c26-21-15(8-14-9-19-20(29-13-28-19)10-18(14)24-21)12-25(16-4-1-2-5-16)22(30)23-11-17-6-3-7-27-17/h8-10,16-17H,1-7,11-13H2,(H,23,30)(H,24,26). The van der Waals surface area contributed by atoms with E-state index in [9.17, 15) is 4.79 Å². The smallest absolute Gasteiger partial charge is 0.253 e. The first-order valence-electron chi connectivity index (χ1n) is 10.8. The molecule has 1 aromatic heterocycles. The molecule has 2 aliphatic heterocycles. The summed E-state index contributed by atoms with van der Waals surface area (Å²) in [4.78, 5) is 18.0. The molecule has 2 aromatic rings. The molecule has 0 amide bonds. The first kappa shape index (κ1) is 19.6. The second-order valence-electron chi connectivity index (χ2n) is 8.30. The minimum atomic E-state index is -0.0914. The largest absolute Gasteiger partial charge is 0.454 e. The maximum atomic E-state index is 12.8. The lowest BCUT2D eigenvalue weighted by Crippen LogP contribution is -2.47. The van der Waals surface area contributed by atoms with Gasteiger partial charge in [-0.15, -0.1) is 0 Å². The fraction of sp³-hybridized carbons (Fsp3) is 0.545. The van der Waals surface area contributed by atoms with E-state index >= 15 is 0 Å². The zero-order valence-corrected chi connectivity index (χ0v) is 17.8. The molecule has 7 nitrogen and oxygen atoms in total. The maximum absolute atomic E-state index is 12.8. The van der Waals surface area contributed by atoms with E-state index in [1.807, 2.05) is 18.2 Å². The number of nitrogens with zero attached hydrogens (tertiary/aromatic N) is 1.